The summed E-state index contributed by atoms with van der Waals surface area (Å²) < 4.78 is 5.22. The van der Waals surface area contributed by atoms with E-state index >= 15 is 0 Å². The predicted molar refractivity (Wildman–Crippen MR) is 147 cm³/mol. The number of nitrogens with zero attached hydrogens (tertiary/aromatic N) is 7. The molecule has 6 rings (SSSR count). The molecule has 2 aliphatic heterocycles. The molecule has 1 atom stereocenters. The number of hydrogen-bond donors (Lipinski definition) is 1. The lowest BCUT2D eigenvalue weighted by molar-refractivity contribution is 0.234. The zero-order valence-electron chi connectivity index (χ0n) is 21.6. The second-order valence-electron chi connectivity index (χ2n) is 10.3. The Morgan fingerprint density at radius 1 is 1.05 bits per heavy atom. The minimum atomic E-state index is 0.548. The molecule has 1 aromatic carbocycles. The number of H-pyrrole nitrogens is 1. The van der Waals surface area contributed by atoms with Gasteiger partial charge in [-0.05, 0) is 45.2 Å². The number of aromatic nitrogens is 4. The fourth-order valence-electron chi connectivity index (χ4n) is 5.33. The van der Waals surface area contributed by atoms with Crippen LogP contribution >= 0.6 is 11.6 Å². The molecular formula is C27H33ClN8O. The number of benzene rings is 1. The van der Waals surface area contributed by atoms with Crippen molar-refractivity contribution in [2.45, 2.75) is 26.4 Å². The number of imidazole rings is 1. The number of pyridine rings is 1. The van der Waals surface area contributed by atoms with Gasteiger partial charge in [-0.2, -0.15) is 0 Å². The first-order valence-corrected chi connectivity index (χ1v) is 13.3. The number of rotatable bonds is 5. The number of halogens is 1. The van der Waals surface area contributed by atoms with Crippen LogP contribution in [0, 0.1) is 6.92 Å². The van der Waals surface area contributed by atoms with Crippen LogP contribution in [0.3, 0.4) is 0 Å². The molecule has 4 aromatic rings. The highest BCUT2D eigenvalue weighted by Crippen LogP contribution is 2.34. The second-order valence-corrected chi connectivity index (χ2v) is 10.7. The molecule has 2 fully saturated rings. The lowest BCUT2D eigenvalue weighted by Gasteiger charge is -2.39. The number of aromatic amines is 1. The summed E-state index contributed by atoms with van der Waals surface area (Å²) in [4.78, 5) is 22.4. The fraction of sp³-hybridized carbons (Fsp3) is 0.444. The lowest BCUT2D eigenvalue weighted by Crippen LogP contribution is -2.50. The summed E-state index contributed by atoms with van der Waals surface area (Å²) in [6.45, 7) is 11.7. The monoisotopic (exact) mass is 520 g/mol. The molecule has 3 aromatic heterocycles. The van der Waals surface area contributed by atoms with Crippen LogP contribution in [0.15, 0.2) is 41.1 Å². The van der Waals surface area contributed by atoms with Crippen molar-refractivity contribution in [2.75, 3.05) is 62.7 Å². The Kier molecular flexibility index (Phi) is 6.52. The molecule has 0 bridgehead atoms. The molecule has 5 heterocycles. The first-order chi connectivity index (χ1) is 17.9. The van der Waals surface area contributed by atoms with E-state index in [1.807, 2.05) is 13.0 Å². The third kappa shape index (κ3) is 4.91. The molecule has 2 saturated heterocycles. The van der Waals surface area contributed by atoms with Crippen molar-refractivity contribution in [3.8, 4) is 11.4 Å². The molecule has 0 unspecified atom stereocenters. The van der Waals surface area contributed by atoms with E-state index in [9.17, 15) is 0 Å². The first-order valence-electron chi connectivity index (χ1n) is 12.9. The normalized spacial score (nSPS) is 19.7. The van der Waals surface area contributed by atoms with Crippen molar-refractivity contribution in [1.29, 1.82) is 0 Å². The van der Waals surface area contributed by atoms with E-state index < -0.39 is 0 Å². The van der Waals surface area contributed by atoms with Gasteiger partial charge in [-0.3, -0.25) is 4.90 Å². The van der Waals surface area contributed by atoms with Gasteiger partial charge in [-0.25, -0.2) is 9.97 Å². The van der Waals surface area contributed by atoms with Crippen molar-refractivity contribution in [3.05, 3.63) is 53.0 Å². The summed E-state index contributed by atoms with van der Waals surface area (Å²) >= 11 is 6.69. The molecule has 37 heavy (non-hydrogen) atoms. The van der Waals surface area contributed by atoms with Crippen molar-refractivity contribution >= 4 is 34.1 Å². The van der Waals surface area contributed by atoms with Crippen LogP contribution in [0.4, 0.5) is 11.4 Å². The maximum absolute atomic E-state index is 6.69. The Hall–Kier alpha value is -3.14. The summed E-state index contributed by atoms with van der Waals surface area (Å²) in [6, 6.07) is 11.2. The van der Waals surface area contributed by atoms with Gasteiger partial charge in [0.05, 0.1) is 22.6 Å². The molecule has 9 nitrogen and oxygen atoms in total. The van der Waals surface area contributed by atoms with Crippen LogP contribution in [0.25, 0.3) is 22.6 Å². The largest absolute Gasteiger partial charge is 0.369 e. The Balaban J connectivity index is 1.19. The van der Waals surface area contributed by atoms with E-state index in [-0.39, 0.29) is 0 Å². The first kappa shape index (κ1) is 24.2. The van der Waals surface area contributed by atoms with E-state index in [2.05, 4.69) is 73.0 Å². The van der Waals surface area contributed by atoms with Crippen molar-refractivity contribution in [1.82, 2.24) is 29.9 Å². The zero-order valence-corrected chi connectivity index (χ0v) is 22.4. The molecule has 0 radical (unpaired) electrons. The molecule has 2 aliphatic rings. The van der Waals surface area contributed by atoms with E-state index in [1.165, 1.54) is 5.69 Å². The Morgan fingerprint density at radius 2 is 1.81 bits per heavy atom. The predicted octanol–water partition coefficient (Wildman–Crippen LogP) is 4.04. The maximum atomic E-state index is 6.69. The fourth-order valence-corrected chi connectivity index (χ4v) is 5.59. The van der Waals surface area contributed by atoms with Crippen LogP contribution in [-0.4, -0.2) is 88.8 Å². The smallest absolute Gasteiger partial charge is 0.180 e. The van der Waals surface area contributed by atoms with Crippen LogP contribution < -0.4 is 9.80 Å². The topological polar surface area (TPSA) is 80.6 Å². The highest BCUT2D eigenvalue weighted by atomic mass is 35.5. The summed E-state index contributed by atoms with van der Waals surface area (Å²) in [5, 5.41) is 4.78. The van der Waals surface area contributed by atoms with Crippen LogP contribution in [-0.2, 0) is 6.54 Å². The van der Waals surface area contributed by atoms with Gasteiger partial charge < -0.3 is 24.2 Å². The third-order valence-electron chi connectivity index (χ3n) is 7.66. The molecule has 0 spiro atoms. The number of likely N-dealkylation sites (N-methyl/N-ethyl adjacent to an activating group) is 1. The van der Waals surface area contributed by atoms with Crippen molar-refractivity contribution in [2.24, 2.45) is 0 Å². The molecule has 194 valence electrons. The van der Waals surface area contributed by atoms with Gasteiger partial charge in [-0.15, -0.1) is 0 Å². The van der Waals surface area contributed by atoms with Crippen LogP contribution in [0.2, 0.25) is 5.02 Å². The lowest BCUT2D eigenvalue weighted by atomic mass is 10.1. The Morgan fingerprint density at radius 3 is 2.51 bits per heavy atom. The highest BCUT2D eigenvalue weighted by Gasteiger charge is 2.24. The second kappa shape index (κ2) is 9.96. The minimum absolute atomic E-state index is 0.548. The average Bonchev–Trinajstić information content (AvgIpc) is 3.52. The standard InChI is InChI=1S/C27H33ClN8O/c1-18-16-36(11-8-33(18)3)22-6-4-20(5-7-22)26-30-24-25(23(28)15-29-27(24)31-26)35-12-9-34(10-13-35)17-21-14-19(2)37-32-21/h4-7,14-15,18H,8-13,16-17H2,1-3H3,(H,29,30,31)/t18-/m0/s1. The Labute approximate surface area is 222 Å². The van der Waals surface area contributed by atoms with Crippen molar-refractivity contribution < 1.29 is 4.52 Å². The summed E-state index contributed by atoms with van der Waals surface area (Å²) in [5.41, 5.74) is 5.82. The van der Waals surface area contributed by atoms with Gasteiger partial charge in [0.2, 0.25) is 0 Å². The zero-order chi connectivity index (χ0) is 25.5. The van der Waals surface area contributed by atoms with Crippen LogP contribution in [0.1, 0.15) is 18.4 Å². The van der Waals surface area contributed by atoms with E-state index in [0.717, 1.165) is 86.4 Å². The molecule has 0 saturated carbocycles. The Bertz CT molecular complexity index is 1380. The summed E-state index contributed by atoms with van der Waals surface area (Å²) in [7, 11) is 2.20. The molecule has 10 heteroatoms. The number of fused-ring (bicyclic) bond motifs is 1. The van der Waals surface area contributed by atoms with Gasteiger partial charge in [-0.1, -0.05) is 16.8 Å². The van der Waals surface area contributed by atoms with E-state index in [4.69, 9.17) is 21.1 Å². The SMILES string of the molecule is Cc1cc(CN2CCN(c3c(Cl)cnc4nc(-c5ccc(N6CCN(C)[C@@H](C)C6)cc5)[nH]c34)CC2)no1. The quantitative estimate of drug-likeness (QED) is 0.422. The number of anilines is 2. The van der Waals surface area contributed by atoms with Crippen LogP contribution in [0.5, 0.6) is 0 Å². The van der Waals surface area contributed by atoms with Gasteiger partial charge in [0, 0.05) is 75.7 Å². The maximum Gasteiger partial charge on any atom is 0.180 e. The number of piperazine rings is 2. The minimum Gasteiger partial charge on any atom is -0.369 e. The van der Waals surface area contributed by atoms with Gasteiger partial charge >= 0.3 is 0 Å². The summed E-state index contributed by atoms with van der Waals surface area (Å²) in [5.74, 6) is 1.66. The van der Waals surface area contributed by atoms with E-state index in [0.29, 0.717) is 16.7 Å². The number of nitrogens with one attached hydrogen (secondary N) is 1. The van der Waals surface area contributed by atoms with Gasteiger partial charge in [0.25, 0.3) is 0 Å². The average molecular weight is 521 g/mol. The van der Waals surface area contributed by atoms with Gasteiger partial charge in [0.1, 0.15) is 17.1 Å². The number of hydrogen-bond acceptors (Lipinski definition) is 8. The number of aryl methyl sites for hydroxylation is 1. The van der Waals surface area contributed by atoms with Crippen molar-refractivity contribution in [3.63, 3.8) is 0 Å². The van der Waals surface area contributed by atoms with Gasteiger partial charge in [0.15, 0.2) is 5.65 Å². The molecule has 0 amide bonds. The summed E-state index contributed by atoms with van der Waals surface area (Å²) in [6.07, 6.45) is 1.71. The molecular weight excluding hydrogens is 488 g/mol. The molecule has 0 aliphatic carbocycles. The highest BCUT2D eigenvalue weighted by molar-refractivity contribution is 6.34. The molecule has 1 N–H and O–H groups in total. The third-order valence-corrected chi connectivity index (χ3v) is 7.94. The van der Waals surface area contributed by atoms with E-state index in [1.54, 1.807) is 6.20 Å².